The van der Waals surface area contributed by atoms with Crippen LogP contribution in [0.25, 0.3) is 0 Å². The summed E-state index contributed by atoms with van der Waals surface area (Å²) in [5.74, 6) is 0. The molecule has 0 unspecified atom stereocenters. The van der Waals surface area contributed by atoms with Gasteiger partial charge in [-0.15, -0.1) is 0 Å². The molecule has 2 saturated heterocycles. The summed E-state index contributed by atoms with van der Waals surface area (Å²) in [4.78, 5) is 0. The van der Waals surface area contributed by atoms with Crippen LogP contribution in [-0.2, 0) is 18.6 Å². The topological polar surface area (TPSA) is 36.9 Å². The van der Waals surface area contributed by atoms with E-state index < -0.39 is 44.7 Å². The molecule has 2 aliphatic heterocycles. The van der Waals surface area contributed by atoms with E-state index in [9.17, 15) is 0 Å². The van der Waals surface area contributed by atoms with Crippen molar-refractivity contribution < 1.29 is 18.6 Å². The summed E-state index contributed by atoms with van der Waals surface area (Å²) in [7, 11) is -2.25. The molecule has 4 nitrogen and oxygen atoms in total. The van der Waals surface area contributed by atoms with Crippen LogP contribution in [0.4, 0.5) is 0 Å². The molecule has 7 heteroatoms. The molecule has 1 aromatic carbocycles. The van der Waals surface area contributed by atoms with Gasteiger partial charge in [-0.2, -0.15) is 0 Å². The first-order valence-electron chi connectivity index (χ1n) is 10.8. The summed E-state index contributed by atoms with van der Waals surface area (Å²) in [6.45, 7) is 23.8. The molecule has 2 aliphatic rings. The Kier molecular flexibility index (Phi) is 5.54. The number of hydrogen-bond donors (Lipinski definition) is 0. The van der Waals surface area contributed by atoms with Crippen molar-refractivity contribution in [2.45, 2.75) is 103 Å². The van der Waals surface area contributed by atoms with E-state index in [4.69, 9.17) is 18.6 Å². The van der Waals surface area contributed by atoms with E-state index in [1.54, 1.807) is 0 Å². The molecule has 29 heavy (non-hydrogen) atoms. The Bertz CT molecular complexity index is 685. The molecule has 0 amide bonds. The molecule has 3 rings (SSSR count). The summed E-state index contributed by atoms with van der Waals surface area (Å²) in [6, 6.07) is 8.92. The highest BCUT2D eigenvalue weighted by molar-refractivity contribution is 6.88. The van der Waals surface area contributed by atoms with Gasteiger partial charge in [0.25, 0.3) is 0 Å². The van der Waals surface area contributed by atoms with Gasteiger partial charge in [-0.25, -0.2) is 0 Å². The first-order valence-corrected chi connectivity index (χ1v) is 14.3. The molecule has 0 radical (unpaired) electrons. The van der Waals surface area contributed by atoms with Gasteiger partial charge in [-0.3, -0.25) is 0 Å². The maximum atomic E-state index is 6.45. The average molecular weight is 416 g/mol. The fraction of sp³-hybridized carbons (Fsp3) is 0.727. The predicted octanol–water partition coefficient (Wildman–Crippen LogP) is 4.58. The van der Waals surface area contributed by atoms with Crippen molar-refractivity contribution in [3.05, 3.63) is 29.8 Å². The number of benzene rings is 1. The monoisotopic (exact) mass is 416 g/mol. The first kappa shape index (κ1) is 23.1. The smallest absolute Gasteiger partial charge is 0.403 e. The lowest BCUT2D eigenvalue weighted by molar-refractivity contribution is 0.00578. The fourth-order valence-corrected chi connectivity index (χ4v) is 4.89. The Morgan fingerprint density at radius 1 is 0.621 bits per heavy atom. The molecule has 0 spiro atoms. The van der Waals surface area contributed by atoms with Crippen molar-refractivity contribution in [1.82, 2.24) is 0 Å². The van der Waals surface area contributed by atoms with Gasteiger partial charge in [0.2, 0.25) is 0 Å². The Labute approximate surface area is 179 Å². The molecule has 0 N–H and O–H groups in total. The quantitative estimate of drug-likeness (QED) is 0.674. The van der Waals surface area contributed by atoms with Gasteiger partial charge in [0.05, 0.1) is 36.2 Å². The Hall–Kier alpha value is -0.593. The largest absolute Gasteiger partial charge is 0.463 e. The third-order valence-electron chi connectivity index (χ3n) is 7.29. The highest BCUT2D eigenvalue weighted by atomic mass is 28.3. The van der Waals surface area contributed by atoms with Gasteiger partial charge in [0.1, 0.15) is 0 Å². The van der Waals surface area contributed by atoms with E-state index in [1.807, 2.05) is 0 Å². The standard InChI is InChI=1S/C22H38B2O4Si/c1-19(2)20(3,4)26-23(25-19)18(24-27-21(5,6)22(7,8)28-24)16-12-14-17(15-13-16)29(9,10)11/h12-15,18H,1-11H3. The lowest BCUT2D eigenvalue weighted by atomic mass is 9.49. The molecule has 160 valence electrons. The van der Waals surface area contributed by atoms with Gasteiger partial charge in [0, 0.05) is 0 Å². The van der Waals surface area contributed by atoms with Crippen molar-refractivity contribution in [2.75, 3.05) is 0 Å². The van der Waals surface area contributed by atoms with Gasteiger partial charge in [0.15, 0.2) is 0 Å². The maximum Gasteiger partial charge on any atom is 0.463 e. The van der Waals surface area contributed by atoms with Crippen LogP contribution in [0, 0.1) is 0 Å². The predicted molar refractivity (Wildman–Crippen MR) is 124 cm³/mol. The van der Waals surface area contributed by atoms with Crippen LogP contribution < -0.4 is 5.19 Å². The first-order chi connectivity index (χ1) is 13.0. The minimum atomic E-state index is -1.37. The molecule has 1 aromatic rings. The van der Waals surface area contributed by atoms with Crippen molar-refractivity contribution in [2.24, 2.45) is 0 Å². The minimum Gasteiger partial charge on any atom is -0.403 e. The molecule has 0 aliphatic carbocycles. The second-order valence-corrected chi connectivity index (χ2v) is 16.7. The third-order valence-corrected chi connectivity index (χ3v) is 9.36. The number of rotatable bonds is 4. The maximum absolute atomic E-state index is 6.45. The molecule has 0 atom stereocenters. The Morgan fingerprint density at radius 2 is 0.931 bits per heavy atom. The van der Waals surface area contributed by atoms with E-state index >= 15 is 0 Å². The van der Waals surface area contributed by atoms with E-state index in [-0.39, 0.29) is 5.72 Å². The van der Waals surface area contributed by atoms with E-state index in [1.165, 1.54) is 5.19 Å². The summed E-state index contributed by atoms with van der Waals surface area (Å²) < 4.78 is 25.8. The third kappa shape index (κ3) is 4.14. The van der Waals surface area contributed by atoms with Crippen LogP contribution >= 0.6 is 0 Å². The van der Waals surface area contributed by atoms with Crippen LogP contribution in [0.2, 0.25) is 19.6 Å². The van der Waals surface area contributed by atoms with Crippen molar-refractivity contribution in [3.8, 4) is 0 Å². The Morgan fingerprint density at radius 3 is 1.21 bits per heavy atom. The highest BCUT2D eigenvalue weighted by Gasteiger charge is 2.62. The molecule has 0 saturated carbocycles. The summed E-state index contributed by atoms with van der Waals surface area (Å²) in [5.41, 5.74) is -0.664. The molecular formula is C22H38B2O4Si. The lowest BCUT2D eigenvalue weighted by Crippen LogP contribution is -2.42. The lowest BCUT2D eigenvalue weighted by Gasteiger charge is -2.32. The fourth-order valence-electron chi connectivity index (χ4n) is 3.72. The van der Waals surface area contributed by atoms with Crippen LogP contribution in [0.3, 0.4) is 0 Å². The molecular weight excluding hydrogens is 378 g/mol. The highest BCUT2D eigenvalue weighted by Crippen LogP contribution is 2.46. The number of hydrogen-bond acceptors (Lipinski definition) is 4. The molecule has 0 bridgehead atoms. The zero-order chi connectivity index (χ0) is 22.0. The van der Waals surface area contributed by atoms with Crippen LogP contribution in [0.5, 0.6) is 0 Å². The average Bonchev–Trinajstić information content (AvgIpc) is 2.86. The molecule has 0 aromatic heterocycles. The van der Waals surface area contributed by atoms with E-state index in [0.29, 0.717) is 0 Å². The SMILES string of the molecule is CC1(C)OB(C(B2OC(C)(C)C(C)(C)O2)c2ccc([Si](C)(C)C)cc2)OC1(C)C. The normalized spacial score (nSPS) is 25.1. The van der Waals surface area contributed by atoms with Crippen molar-refractivity contribution >= 4 is 27.5 Å². The van der Waals surface area contributed by atoms with Gasteiger partial charge in [-0.1, -0.05) is 49.1 Å². The van der Waals surface area contributed by atoms with Gasteiger partial charge < -0.3 is 18.6 Å². The second-order valence-electron chi connectivity index (χ2n) is 11.6. The zero-order valence-corrected chi connectivity index (χ0v) is 21.2. The minimum absolute atomic E-state index is 0.173. The van der Waals surface area contributed by atoms with Crippen molar-refractivity contribution in [1.29, 1.82) is 0 Å². The van der Waals surface area contributed by atoms with Gasteiger partial charge >= 0.3 is 14.2 Å². The van der Waals surface area contributed by atoms with Crippen molar-refractivity contribution in [3.63, 3.8) is 0 Å². The van der Waals surface area contributed by atoms with E-state index in [2.05, 4.69) is 99.3 Å². The summed E-state index contributed by atoms with van der Waals surface area (Å²) >= 11 is 0. The second kappa shape index (κ2) is 6.96. The molecule has 2 heterocycles. The van der Waals surface area contributed by atoms with Crippen LogP contribution in [-0.4, -0.2) is 44.7 Å². The zero-order valence-electron chi connectivity index (χ0n) is 20.2. The summed E-state index contributed by atoms with van der Waals surface area (Å²) in [5, 5.41) is 1.43. The Balaban J connectivity index is 2.00. The van der Waals surface area contributed by atoms with Crippen LogP contribution in [0.1, 0.15) is 66.7 Å². The summed E-state index contributed by atoms with van der Waals surface area (Å²) in [6.07, 6.45) is 0. The van der Waals surface area contributed by atoms with E-state index in [0.717, 1.165) is 5.56 Å². The molecule has 2 fully saturated rings. The van der Waals surface area contributed by atoms with Gasteiger partial charge in [-0.05, 0) is 61.0 Å². The van der Waals surface area contributed by atoms with Crippen LogP contribution in [0.15, 0.2) is 24.3 Å².